The van der Waals surface area contributed by atoms with Crippen molar-refractivity contribution in [3.05, 3.63) is 6.10 Å². The molecule has 79 valence electrons. The van der Waals surface area contributed by atoms with E-state index < -0.39 is 0 Å². The summed E-state index contributed by atoms with van der Waals surface area (Å²) in [5.74, 6) is -0.0250. The first-order valence-corrected chi connectivity index (χ1v) is 5.88. The van der Waals surface area contributed by atoms with Gasteiger partial charge in [-0.3, -0.25) is 0 Å². The molecule has 1 radical (unpaired) electrons. The first-order valence-electron chi connectivity index (χ1n) is 5.88. The molecule has 2 rings (SSSR count). The van der Waals surface area contributed by atoms with Crippen molar-refractivity contribution in [2.75, 3.05) is 0 Å². The Kier molecular flexibility index (Phi) is 2.80. The molecule has 2 nitrogen and oxygen atoms in total. The molecule has 2 aliphatic rings. The highest BCUT2D eigenvalue weighted by atomic mass is 16.6. The van der Waals surface area contributed by atoms with E-state index in [2.05, 4.69) is 6.92 Å². The Morgan fingerprint density at radius 2 is 1.93 bits per heavy atom. The van der Waals surface area contributed by atoms with Gasteiger partial charge in [-0.25, -0.2) is 4.79 Å². The molecule has 1 heterocycles. The molecule has 0 spiro atoms. The summed E-state index contributed by atoms with van der Waals surface area (Å²) in [7, 11) is 0. The largest absolute Gasteiger partial charge is 0.438 e. The second-order valence-electron chi connectivity index (χ2n) is 4.66. The average Bonchev–Trinajstić information content (AvgIpc) is 2.95. The molecule has 1 saturated carbocycles. The molecule has 2 heteroatoms. The molecule has 1 aliphatic heterocycles. The highest BCUT2D eigenvalue weighted by Crippen LogP contribution is 2.53. The van der Waals surface area contributed by atoms with Gasteiger partial charge in [0.2, 0.25) is 0 Å². The number of hydrogen-bond donors (Lipinski definition) is 0. The van der Waals surface area contributed by atoms with E-state index in [1.165, 1.54) is 44.9 Å². The van der Waals surface area contributed by atoms with Crippen molar-refractivity contribution < 1.29 is 9.53 Å². The monoisotopic (exact) mass is 195 g/mol. The SMILES string of the molecule is CCCCC1([C]2OC2=O)CCCCC1. The van der Waals surface area contributed by atoms with E-state index in [9.17, 15) is 4.79 Å². The van der Waals surface area contributed by atoms with Crippen LogP contribution < -0.4 is 0 Å². The molecule has 14 heavy (non-hydrogen) atoms. The summed E-state index contributed by atoms with van der Waals surface area (Å²) in [5, 5.41) is 0. The lowest BCUT2D eigenvalue weighted by Crippen LogP contribution is -2.26. The maximum Gasteiger partial charge on any atom is 0.357 e. The van der Waals surface area contributed by atoms with Crippen LogP contribution in [-0.4, -0.2) is 5.97 Å². The van der Waals surface area contributed by atoms with Gasteiger partial charge in [0, 0.05) is 5.41 Å². The molecular weight excluding hydrogens is 176 g/mol. The van der Waals surface area contributed by atoms with Gasteiger partial charge in [-0.1, -0.05) is 39.0 Å². The lowest BCUT2D eigenvalue weighted by Gasteiger charge is -2.33. The summed E-state index contributed by atoms with van der Waals surface area (Å²) >= 11 is 0. The van der Waals surface area contributed by atoms with Gasteiger partial charge in [0.25, 0.3) is 6.10 Å². The summed E-state index contributed by atoms with van der Waals surface area (Å²) in [4.78, 5) is 11.1. The molecule has 2 fully saturated rings. The minimum Gasteiger partial charge on any atom is -0.438 e. The Morgan fingerprint density at radius 1 is 1.29 bits per heavy atom. The molecule has 1 aliphatic carbocycles. The molecule has 0 N–H and O–H groups in total. The lowest BCUT2D eigenvalue weighted by atomic mass is 9.69. The Morgan fingerprint density at radius 3 is 2.43 bits per heavy atom. The molecule has 0 unspecified atom stereocenters. The highest BCUT2D eigenvalue weighted by molar-refractivity contribution is 5.98. The topological polar surface area (TPSA) is 29.6 Å². The van der Waals surface area contributed by atoms with E-state index in [4.69, 9.17) is 4.74 Å². The summed E-state index contributed by atoms with van der Waals surface area (Å²) in [5.41, 5.74) is 0.158. The van der Waals surface area contributed by atoms with E-state index in [0.29, 0.717) is 0 Å². The van der Waals surface area contributed by atoms with Crippen molar-refractivity contribution in [2.24, 2.45) is 5.41 Å². The maximum absolute atomic E-state index is 11.1. The number of unbranched alkanes of at least 4 members (excludes halogenated alkanes) is 1. The van der Waals surface area contributed by atoms with Gasteiger partial charge in [0.1, 0.15) is 0 Å². The van der Waals surface area contributed by atoms with Gasteiger partial charge in [0.15, 0.2) is 0 Å². The zero-order valence-electron chi connectivity index (χ0n) is 8.97. The summed E-state index contributed by atoms with van der Waals surface area (Å²) in [6, 6.07) is 0. The number of epoxide rings is 1. The van der Waals surface area contributed by atoms with E-state index in [1.807, 2.05) is 0 Å². The zero-order chi connectivity index (χ0) is 10.0. The van der Waals surface area contributed by atoms with Crippen LogP contribution in [0.3, 0.4) is 0 Å². The van der Waals surface area contributed by atoms with Crippen LogP contribution in [-0.2, 0) is 9.53 Å². The van der Waals surface area contributed by atoms with Crippen LogP contribution in [0.1, 0.15) is 58.3 Å². The normalized spacial score (nSPS) is 25.9. The third kappa shape index (κ3) is 1.79. The first-order chi connectivity index (χ1) is 6.78. The second-order valence-corrected chi connectivity index (χ2v) is 4.66. The third-order valence-corrected chi connectivity index (χ3v) is 3.64. The van der Waals surface area contributed by atoms with Crippen molar-refractivity contribution >= 4 is 5.97 Å². The Labute approximate surface area is 86.0 Å². The van der Waals surface area contributed by atoms with Crippen molar-refractivity contribution in [1.82, 2.24) is 0 Å². The standard InChI is InChI=1S/C12H19O2/c1-2-3-7-12(10-11(13)14-10)8-5-4-6-9-12/h2-9H2,1H3. The highest BCUT2D eigenvalue weighted by Gasteiger charge is 2.57. The van der Waals surface area contributed by atoms with E-state index in [1.54, 1.807) is 0 Å². The van der Waals surface area contributed by atoms with Crippen LogP contribution in [0.2, 0.25) is 0 Å². The van der Waals surface area contributed by atoms with Crippen LogP contribution in [0, 0.1) is 11.5 Å². The minimum atomic E-state index is -0.0250. The molecular formula is C12H19O2. The van der Waals surface area contributed by atoms with Crippen molar-refractivity contribution in [3.8, 4) is 0 Å². The number of carbonyl (C=O) groups is 1. The second kappa shape index (κ2) is 3.92. The van der Waals surface area contributed by atoms with Crippen molar-refractivity contribution in [3.63, 3.8) is 0 Å². The number of rotatable bonds is 4. The van der Waals surface area contributed by atoms with Gasteiger partial charge in [-0.15, -0.1) is 0 Å². The number of cyclic esters (lactones) is 1. The molecule has 1 saturated heterocycles. The Hall–Kier alpha value is -0.530. The Bertz CT molecular complexity index is 216. The van der Waals surface area contributed by atoms with Crippen LogP contribution in [0.15, 0.2) is 0 Å². The fraction of sp³-hybridized carbons (Fsp3) is 0.833. The molecule has 0 amide bonds. The van der Waals surface area contributed by atoms with Gasteiger partial charge < -0.3 is 4.74 Å². The quantitative estimate of drug-likeness (QED) is 0.645. The average molecular weight is 195 g/mol. The molecule has 0 bridgehead atoms. The van der Waals surface area contributed by atoms with Crippen molar-refractivity contribution in [1.29, 1.82) is 0 Å². The summed E-state index contributed by atoms with van der Waals surface area (Å²) in [6.07, 6.45) is 10.6. The predicted octanol–water partition coefficient (Wildman–Crippen LogP) is 3.22. The zero-order valence-corrected chi connectivity index (χ0v) is 8.97. The van der Waals surface area contributed by atoms with Crippen LogP contribution in [0.4, 0.5) is 0 Å². The fourth-order valence-electron chi connectivity index (χ4n) is 2.73. The van der Waals surface area contributed by atoms with E-state index in [-0.39, 0.29) is 11.4 Å². The fourth-order valence-corrected chi connectivity index (χ4v) is 2.73. The summed E-state index contributed by atoms with van der Waals surface area (Å²) in [6.45, 7) is 2.21. The number of carbonyl (C=O) groups excluding carboxylic acids is 1. The van der Waals surface area contributed by atoms with Gasteiger partial charge in [-0.2, -0.15) is 0 Å². The predicted molar refractivity (Wildman–Crippen MR) is 54.4 cm³/mol. The number of ether oxygens (including phenoxy) is 1. The van der Waals surface area contributed by atoms with Crippen molar-refractivity contribution in [2.45, 2.75) is 58.3 Å². The first kappa shape index (κ1) is 10.0. The number of hydrogen-bond acceptors (Lipinski definition) is 2. The third-order valence-electron chi connectivity index (χ3n) is 3.64. The van der Waals surface area contributed by atoms with Crippen LogP contribution >= 0.6 is 0 Å². The van der Waals surface area contributed by atoms with Gasteiger partial charge in [0.05, 0.1) is 0 Å². The minimum absolute atomic E-state index is 0.0250. The lowest BCUT2D eigenvalue weighted by molar-refractivity contribution is -0.117. The molecule has 0 atom stereocenters. The smallest absolute Gasteiger partial charge is 0.357 e. The summed E-state index contributed by atoms with van der Waals surface area (Å²) < 4.78 is 5.03. The maximum atomic E-state index is 11.1. The molecule has 0 aromatic carbocycles. The van der Waals surface area contributed by atoms with Crippen LogP contribution in [0.5, 0.6) is 0 Å². The van der Waals surface area contributed by atoms with Crippen LogP contribution in [0.25, 0.3) is 0 Å². The van der Waals surface area contributed by atoms with Gasteiger partial charge >= 0.3 is 5.97 Å². The van der Waals surface area contributed by atoms with Gasteiger partial charge in [-0.05, 0) is 19.3 Å². The molecule has 0 aromatic heterocycles. The molecule has 0 aromatic rings. The van der Waals surface area contributed by atoms with E-state index in [0.717, 1.165) is 12.5 Å². The Balaban J connectivity index is 1.99. The van der Waals surface area contributed by atoms with E-state index >= 15 is 0 Å².